The smallest absolute Gasteiger partial charge is 0.338 e. The zero-order valence-corrected chi connectivity index (χ0v) is 14.6. The number of benzene rings is 2. The van der Waals surface area contributed by atoms with Gasteiger partial charge in [-0.05, 0) is 43.3 Å². The summed E-state index contributed by atoms with van der Waals surface area (Å²) in [7, 11) is 0. The number of hydrogen-bond acceptors (Lipinski definition) is 8. The van der Waals surface area contributed by atoms with Gasteiger partial charge in [0.25, 0.3) is 11.6 Å². The number of nitrogens with zero attached hydrogens (tertiary/aromatic N) is 3. The Bertz CT molecular complexity index is 1010. The summed E-state index contributed by atoms with van der Waals surface area (Å²) in [5, 5.41) is 20.7. The Labute approximate surface area is 158 Å². The summed E-state index contributed by atoms with van der Waals surface area (Å²) in [5.41, 5.74) is 1.01. The molecule has 1 N–H and O–H groups in total. The molecule has 0 aliphatic rings. The van der Waals surface area contributed by atoms with Crippen LogP contribution in [0.2, 0.25) is 0 Å². The highest BCUT2D eigenvalue weighted by molar-refractivity contribution is 6.03. The van der Waals surface area contributed by atoms with Gasteiger partial charge in [0.15, 0.2) is 0 Å². The van der Waals surface area contributed by atoms with Crippen molar-refractivity contribution in [3.8, 4) is 11.5 Å². The minimum atomic E-state index is -0.556. The van der Waals surface area contributed by atoms with Crippen molar-refractivity contribution in [2.45, 2.75) is 6.92 Å². The molecule has 0 fully saturated rings. The van der Waals surface area contributed by atoms with Crippen LogP contribution in [0.4, 0.5) is 11.7 Å². The average Bonchev–Trinajstić information content (AvgIpc) is 3.17. The van der Waals surface area contributed by atoms with Crippen LogP contribution in [0.15, 0.2) is 52.9 Å². The number of anilines is 1. The second kappa shape index (κ2) is 8.08. The van der Waals surface area contributed by atoms with Crippen LogP contribution in [-0.4, -0.2) is 33.6 Å². The molecule has 1 aromatic heterocycles. The minimum Gasteiger partial charge on any atom is -0.462 e. The molecule has 2 aromatic carbocycles. The first-order valence-electron chi connectivity index (χ1n) is 8.15. The Kier molecular flexibility index (Phi) is 5.40. The monoisotopic (exact) mass is 382 g/mol. The summed E-state index contributed by atoms with van der Waals surface area (Å²) in [4.78, 5) is 33.9. The molecule has 3 aromatic rings. The SMILES string of the molecule is CCOC(=O)c1ccc(-c2nnc(NC(=O)c3ccc([N+](=O)[O-])cc3)o2)cc1. The van der Waals surface area contributed by atoms with E-state index in [1.165, 1.54) is 24.3 Å². The maximum Gasteiger partial charge on any atom is 0.338 e. The zero-order valence-electron chi connectivity index (χ0n) is 14.6. The van der Waals surface area contributed by atoms with Crippen LogP contribution >= 0.6 is 0 Å². The minimum absolute atomic E-state index is 0.122. The fourth-order valence-corrected chi connectivity index (χ4v) is 2.26. The van der Waals surface area contributed by atoms with E-state index in [9.17, 15) is 19.7 Å². The Morgan fingerprint density at radius 3 is 2.32 bits per heavy atom. The molecule has 0 saturated carbocycles. The second-order valence-corrected chi connectivity index (χ2v) is 5.47. The molecular formula is C18H14N4O6. The lowest BCUT2D eigenvalue weighted by atomic mass is 10.1. The van der Waals surface area contributed by atoms with E-state index in [-0.39, 0.29) is 29.8 Å². The predicted octanol–water partition coefficient (Wildman–Crippen LogP) is 3.07. The first-order valence-corrected chi connectivity index (χ1v) is 8.15. The van der Waals surface area contributed by atoms with E-state index in [1.54, 1.807) is 31.2 Å². The molecule has 1 heterocycles. The topological polar surface area (TPSA) is 137 Å². The number of ether oxygens (including phenoxy) is 1. The van der Waals surface area contributed by atoms with Crippen molar-refractivity contribution in [1.29, 1.82) is 0 Å². The van der Waals surface area contributed by atoms with Crippen LogP contribution in [-0.2, 0) is 4.74 Å². The van der Waals surface area contributed by atoms with E-state index in [0.717, 1.165) is 0 Å². The van der Waals surface area contributed by atoms with Crippen molar-refractivity contribution in [1.82, 2.24) is 10.2 Å². The molecule has 142 valence electrons. The van der Waals surface area contributed by atoms with Crippen LogP contribution in [0.5, 0.6) is 0 Å². The van der Waals surface area contributed by atoms with Gasteiger partial charge in [-0.25, -0.2) is 4.79 Å². The molecule has 0 radical (unpaired) electrons. The van der Waals surface area contributed by atoms with Crippen molar-refractivity contribution < 1.29 is 23.7 Å². The molecule has 10 nitrogen and oxygen atoms in total. The molecule has 28 heavy (non-hydrogen) atoms. The van der Waals surface area contributed by atoms with Crippen molar-refractivity contribution in [3.05, 3.63) is 69.8 Å². The van der Waals surface area contributed by atoms with Gasteiger partial charge in [-0.15, -0.1) is 5.10 Å². The van der Waals surface area contributed by atoms with Gasteiger partial charge < -0.3 is 9.15 Å². The van der Waals surface area contributed by atoms with Gasteiger partial charge in [-0.2, -0.15) is 0 Å². The number of amides is 1. The average molecular weight is 382 g/mol. The number of carbonyl (C=O) groups excluding carboxylic acids is 2. The molecule has 1 amide bonds. The molecule has 0 bridgehead atoms. The molecule has 0 spiro atoms. The van der Waals surface area contributed by atoms with Gasteiger partial charge >= 0.3 is 12.0 Å². The number of carbonyl (C=O) groups is 2. The molecule has 3 rings (SSSR count). The standard InChI is InChI=1S/C18H14N4O6/c1-2-27-17(24)13-5-3-12(4-6-13)16-20-21-18(28-16)19-15(23)11-7-9-14(10-8-11)22(25)26/h3-10H,2H2,1H3,(H,19,21,23). The van der Waals surface area contributed by atoms with Crippen molar-refractivity contribution in [3.63, 3.8) is 0 Å². The predicted molar refractivity (Wildman–Crippen MR) is 96.7 cm³/mol. The lowest BCUT2D eigenvalue weighted by Crippen LogP contribution is -2.12. The van der Waals surface area contributed by atoms with E-state index in [4.69, 9.17) is 9.15 Å². The quantitative estimate of drug-likeness (QED) is 0.390. The van der Waals surface area contributed by atoms with Crippen LogP contribution < -0.4 is 5.32 Å². The van der Waals surface area contributed by atoms with Gasteiger partial charge in [-0.3, -0.25) is 20.2 Å². The third-order valence-corrected chi connectivity index (χ3v) is 3.63. The maximum absolute atomic E-state index is 12.2. The lowest BCUT2D eigenvalue weighted by Gasteiger charge is -2.02. The van der Waals surface area contributed by atoms with Crippen molar-refractivity contribution in [2.75, 3.05) is 11.9 Å². The number of non-ortho nitro benzene ring substituents is 1. The first-order chi connectivity index (χ1) is 13.5. The third-order valence-electron chi connectivity index (χ3n) is 3.63. The van der Waals surface area contributed by atoms with Crippen LogP contribution in [0, 0.1) is 10.1 Å². The fraction of sp³-hybridized carbons (Fsp3) is 0.111. The Balaban J connectivity index is 1.69. The van der Waals surface area contributed by atoms with Gasteiger partial charge in [-0.1, -0.05) is 5.10 Å². The summed E-state index contributed by atoms with van der Waals surface area (Å²) < 4.78 is 10.3. The maximum atomic E-state index is 12.2. The zero-order chi connectivity index (χ0) is 20.1. The first kappa shape index (κ1) is 18.7. The van der Waals surface area contributed by atoms with E-state index in [0.29, 0.717) is 11.1 Å². The third kappa shape index (κ3) is 4.18. The number of aromatic nitrogens is 2. The number of esters is 1. The van der Waals surface area contributed by atoms with Crippen LogP contribution in [0.1, 0.15) is 27.6 Å². The van der Waals surface area contributed by atoms with E-state index >= 15 is 0 Å². The molecule has 0 unspecified atom stereocenters. The van der Waals surface area contributed by atoms with E-state index < -0.39 is 16.8 Å². The summed E-state index contributed by atoms with van der Waals surface area (Å²) >= 11 is 0. The molecule has 0 saturated heterocycles. The number of nitro benzene ring substituents is 1. The lowest BCUT2D eigenvalue weighted by molar-refractivity contribution is -0.384. The van der Waals surface area contributed by atoms with Gasteiger partial charge in [0.1, 0.15) is 0 Å². The number of nitrogens with one attached hydrogen (secondary N) is 1. The largest absolute Gasteiger partial charge is 0.462 e. The summed E-state index contributed by atoms with van der Waals surface area (Å²) in [5.74, 6) is -0.840. The van der Waals surface area contributed by atoms with Crippen LogP contribution in [0.3, 0.4) is 0 Å². The number of nitro groups is 1. The van der Waals surface area contributed by atoms with Crippen molar-refractivity contribution >= 4 is 23.6 Å². The number of rotatable bonds is 6. The highest BCUT2D eigenvalue weighted by Crippen LogP contribution is 2.21. The van der Waals surface area contributed by atoms with E-state index in [1.807, 2.05) is 0 Å². The normalized spacial score (nSPS) is 10.3. The molecule has 0 atom stereocenters. The van der Waals surface area contributed by atoms with Gasteiger partial charge in [0.05, 0.1) is 17.1 Å². The summed E-state index contributed by atoms with van der Waals surface area (Å²) in [6.07, 6.45) is 0. The van der Waals surface area contributed by atoms with E-state index in [2.05, 4.69) is 15.5 Å². The Morgan fingerprint density at radius 1 is 1.07 bits per heavy atom. The van der Waals surface area contributed by atoms with Crippen LogP contribution in [0.25, 0.3) is 11.5 Å². The highest BCUT2D eigenvalue weighted by atomic mass is 16.6. The summed E-state index contributed by atoms with van der Waals surface area (Å²) in [6.45, 7) is 2.00. The molecular weight excluding hydrogens is 368 g/mol. The molecule has 0 aliphatic carbocycles. The van der Waals surface area contributed by atoms with Gasteiger partial charge in [0, 0.05) is 23.3 Å². The second-order valence-electron chi connectivity index (χ2n) is 5.47. The van der Waals surface area contributed by atoms with Gasteiger partial charge in [0.2, 0.25) is 5.89 Å². The number of hydrogen-bond donors (Lipinski definition) is 1. The van der Waals surface area contributed by atoms with Crippen molar-refractivity contribution in [2.24, 2.45) is 0 Å². The Hall–Kier alpha value is -4.08. The fourth-order valence-electron chi connectivity index (χ4n) is 2.26. The molecule has 10 heteroatoms. The highest BCUT2D eigenvalue weighted by Gasteiger charge is 2.15. The summed E-state index contributed by atoms with van der Waals surface area (Å²) in [6, 6.07) is 11.3. The Morgan fingerprint density at radius 2 is 1.71 bits per heavy atom. The molecule has 0 aliphatic heterocycles.